The average Bonchev–Trinajstić information content (AvgIpc) is 3.61. The number of hydrogen-bond donors (Lipinski definition) is 0. The minimum atomic E-state index is -1.91. The molecule has 0 nitrogen and oxygen atoms in total. The van der Waals surface area contributed by atoms with E-state index in [1.165, 1.54) is 71.0 Å². The molecule has 5 rings (SSSR count). The Balaban J connectivity index is 1.97. The van der Waals surface area contributed by atoms with Crippen LogP contribution in [0.3, 0.4) is 0 Å². The Hall–Kier alpha value is -2.35. The second-order valence-electron chi connectivity index (χ2n) is 12.7. The summed E-state index contributed by atoms with van der Waals surface area (Å²) >= 11 is 3.65. The highest BCUT2D eigenvalue weighted by Crippen LogP contribution is 2.42. The van der Waals surface area contributed by atoms with Gasteiger partial charge in [-0.05, 0) is 103 Å². The fraction of sp³-hybridized carbons (Fsp3) is 0.405. The van der Waals surface area contributed by atoms with Crippen molar-refractivity contribution in [3.05, 3.63) is 58.3 Å². The molecule has 0 bridgehead atoms. The van der Waals surface area contributed by atoms with E-state index >= 15 is 0 Å². The SMILES string of the molecule is CC[Si](C#Cc1c2cc3ccsc3cc2c(C#C[Si](C(C)C)(C(C)C)C(C)C)c2cc3ccsc3cc12)(CC)CC. The molecule has 0 saturated heterocycles. The molecule has 2 aromatic heterocycles. The maximum Gasteiger partial charge on any atom is 0.146 e. The molecule has 0 aliphatic heterocycles. The highest BCUT2D eigenvalue weighted by atomic mass is 32.1. The molecule has 5 aromatic rings. The molecule has 0 spiro atoms. The summed E-state index contributed by atoms with van der Waals surface area (Å²) in [5.74, 6) is 7.82. The van der Waals surface area contributed by atoms with Gasteiger partial charge in [-0.25, -0.2) is 0 Å². The lowest BCUT2D eigenvalue weighted by Crippen LogP contribution is -2.43. The van der Waals surface area contributed by atoms with Crippen molar-refractivity contribution in [1.29, 1.82) is 0 Å². The van der Waals surface area contributed by atoms with E-state index in [4.69, 9.17) is 0 Å². The molecular formula is C37H44S2Si2. The van der Waals surface area contributed by atoms with Gasteiger partial charge >= 0.3 is 0 Å². The number of benzene rings is 3. The highest BCUT2D eigenvalue weighted by molar-refractivity contribution is 7.17. The Bertz CT molecular complexity index is 1740. The van der Waals surface area contributed by atoms with E-state index < -0.39 is 16.1 Å². The average molecular weight is 609 g/mol. The molecule has 0 unspecified atom stereocenters. The molecule has 212 valence electrons. The minimum Gasteiger partial charge on any atom is -0.144 e. The smallest absolute Gasteiger partial charge is 0.144 e. The number of thiophene rings is 2. The number of hydrogen-bond acceptors (Lipinski definition) is 2. The van der Waals surface area contributed by atoms with Gasteiger partial charge in [0, 0.05) is 31.3 Å². The number of rotatable bonds is 6. The van der Waals surface area contributed by atoms with Crippen molar-refractivity contribution in [3.8, 4) is 22.9 Å². The van der Waals surface area contributed by atoms with Gasteiger partial charge in [-0.2, -0.15) is 0 Å². The van der Waals surface area contributed by atoms with Crippen LogP contribution in [0.2, 0.25) is 34.8 Å². The summed E-state index contributed by atoms with van der Waals surface area (Å²) in [6.45, 7) is 21.5. The van der Waals surface area contributed by atoms with Crippen molar-refractivity contribution in [2.24, 2.45) is 0 Å². The zero-order chi connectivity index (χ0) is 29.5. The predicted molar refractivity (Wildman–Crippen MR) is 194 cm³/mol. The molecule has 0 fully saturated rings. The molecule has 0 atom stereocenters. The summed E-state index contributed by atoms with van der Waals surface area (Å²) in [5, 5.41) is 12.1. The van der Waals surface area contributed by atoms with Crippen LogP contribution in [0.25, 0.3) is 41.7 Å². The van der Waals surface area contributed by atoms with Gasteiger partial charge in [0.25, 0.3) is 0 Å². The maximum absolute atomic E-state index is 4.08. The molecule has 3 aromatic carbocycles. The molecule has 0 saturated carbocycles. The van der Waals surface area contributed by atoms with Gasteiger partial charge < -0.3 is 0 Å². The molecule has 2 heterocycles. The van der Waals surface area contributed by atoms with E-state index in [2.05, 4.69) is 132 Å². The third-order valence-corrected chi connectivity index (χ3v) is 22.8. The van der Waals surface area contributed by atoms with Gasteiger partial charge in [-0.3, -0.25) is 0 Å². The lowest BCUT2D eigenvalue weighted by Gasteiger charge is -2.38. The molecular weight excluding hydrogens is 565 g/mol. The van der Waals surface area contributed by atoms with Crippen molar-refractivity contribution in [1.82, 2.24) is 0 Å². The Labute approximate surface area is 257 Å². The van der Waals surface area contributed by atoms with Crippen molar-refractivity contribution in [3.63, 3.8) is 0 Å². The second kappa shape index (κ2) is 11.7. The lowest BCUT2D eigenvalue weighted by atomic mass is 9.91. The molecule has 0 radical (unpaired) electrons. The maximum atomic E-state index is 4.08. The monoisotopic (exact) mass is 608 g/mol. The fourth-order valence-corrected chi connectivity index (χ4v) is 16.5. The minimum absolute atomic E-state index is 0.598. The topological polar surface area (TPSA) is 0 Å². The summed E-state index contributed by atoms with van der Waals surface area (Å²) in [5.41, 5.74) is 12.2. The standard InChI is InChI=1S/C37H44S2Si2/c1-10-40(11-2,12-3)19-15-30-32-21-28-13-17-39-37(28)24-35(32)31(16-20-41(25(4)5,26(6)7)27(8)9)33-22-29-14-18-38-36(29)23-34(30)33/h13-14,17-18,21-27H,10-12H2,1-9H3. The van der Waals surface area contributed by atoms with Crippen molar-refractivity contribution < 1.29 is 0 Å². The number of fused-ring (bicyclic) bond motifs is 4. The van der Waals surface area contributed by atoms with Crippen LogP contribution in [0, 0.1) is 22.9 Å². The van der Waals surface area contributed by atoms with Gasteiger partial charge in [0.1, 0.15) is 16.1 Å². The van der Waals surface area contributed by atoms with Crippen molar-refractivity contribution >= 4 is 80.5 Å². The summed E-state index contributed by atoms with van der Waals surface area (Å²) in [7, 11) is -3.54. The van der Waals surface area contributed by atoms with Crippen LogP contribution in [0.15, 0.2) is 47.2 Å². The van der Waals surface area contributed by atoms with Crippen LogP contribution >= 0.6 is 22.7 Å². The summed E-state index contributed by atoms with van der Waals surface area (Å²) in [4.78, 5) is 0. The molecule has 0 aliphatic carbocycles. The van der Waals surface area contributed by atoms with Crippen molar-refractivity contribution in [2.45, 2.75) is 97.1 Å². The predicted octanol–water partition coefficient (Wildman–Crippen LogP) is 12.4. The third-order valence-electron chi connectivity index (χ3n) is 10.0. The first-order valence-corrected chi connectivity index (χ1v) is 22.1. The van der Waals surface area contributed by atoms with Gasteiger partial charge in [-0.1, -0.05) is 74.2 Å². The normalized spacial score (nSPS) is 12.6. The van der Waals surface area contributed by atoms with Crippen LogP contribution in [-0.4, -0.2) is 16.1 Å². The van der Waals surface area contributed by atoms with E-state index in [1.807, 2.05) is 22.7 Å². The van der Waals surface area contributed by atoms with Crippen LogP contribution in [-0.2, 0) is 0 Å². The Morgan fingerprint density at radius 1 is 0.585 bits per heavy atom. The van der Waals surface area contributed by atoms with Crippen molar-refractivity contribution in [2.75, 3.05) is 0 Å². The van der Waals surface area contributed by atoms with Gasteiger partial charge in [0.15, 0.2) is 0 Å². The van der Waals surface area contributed by atoms with E-state index in [0.717, 1.165) is 0 Å². The fourth-order valence-electron chi connectivity index (χ4n) is 7.22. The van der Waals surface area contributed by atoms with Crippen LogP contribution in [0.1, 0.15) is 73.4 Å². The molecule has 0 aliphatic rings. The molecule has 0 N–H and O–H groups in total. The van der Waals surface area contributed by atoms with E-state index in [9.17, 15) is 0 Å². The van der Waals surface area contributed by atoms with E-state index in [-0.39, 0.29) is 0 Å². The Morgan fingerprint density at radius 2 is 0.976 bits per heavy atom. The van der Waals surface area contributed by atoms with Crippen LogP contribution < -0.4 is 0 Å². The zero-order valence-corrected chi connectivity index (χ0v) is 29.9. The third kappa shape index (κ3) is 5.12. The first-order chi connectivity index (χ1) is 19.6. The molecule has 41 heavy (non-hydrogen) atoms. The highest BCUT2D eigenvalue weighted by Gasteiger charge is 2.41. The Kier molecular flexibility index (Phi) is 8.62. The Morgan fingerprint density at radius 3 is 1.37 bits per heavy atom. The summed E-state index contributed by atoms with van der Waals surface area (Å²) in [6.07, 6.45) is 0. The largest absolute Gasteiger partial charge is 0.146 e. The first kappa shape index (κ1) is 30.1. The van der Waals surface area contributed by atoms with E-state index in [0.29, 0.717) is 16.6 Å². The lowest BCUT2D eigenvalue weighted by molar-refractivity contribution is 0.838. The van der Waals surface area contributed by atoms with Gasteiger partial charge in [0.05, 0.1) is 0 Å². The summed E-state index contributed by atoms with van der Waals surface area (Å²) < 4.78 is 2.66. The second-order valence-corrected chi connectivity index (χ2v) is 25.1. The van der Waals surface area contributed by atoms with Gasteiger partial charge in [-0.15, -0.1) is 33.8 Å². The van der Waals surface area contributed by atoms with Crippen LogP contribution in [0.5, 0.6) is 0 Å². The molecule has 4 heteroatoms. The quantitative estimate of drug-likeness (QED) is 0.102. The van der Waals surface area contributed by atoms with Gasteiger partial charge in [0.2, 0.25) is 0 Å². The van der Waals surface area contributed by atoms with Crippen LogP contribution in [0.4, 0.5) is 0 Å². The van der Waals surface area contributed by atoms with E-state index in [1.54, 1.807) is 0 Å². The molecule has 0 amide bonds. The zero-order valence-electron chi connectivity index (χ0n) is 26.3. The first-order valence-electron chi connectivity index (χ1n) is 15.4. The summed E-state index contributed by atoms with van der Waals surface area (Å²) in [6, 6.07) is 17.8.